The Kier molecular flexibility index (Phi) is 3.43. The molecule has 0 bridgehead atoms. The van der Waals surface area contributed by atoms with Gasteiger partial charge in [0.2, 0.25) is 0 Å². The molecule has 0 aromatic rings. The summed E-state index contributed by atoms with van der Waals surface area (Å²) in [6.45, 7) is 3.55. The van der Waals surface area contributed by atoms with Crippen molar-refractivity contribution in [3.05, 3.63) is 12.3 Å². The Hall–Kier alpha value is -1.85. The number of amides is 1. The molecule has 0 aromatic heterocycles. The Bertz CT molecular complexity index is 306. The molecule has 15 heavy (non-hydrogen) atoms. The third-order valence-corrected chi connectivity index (χ3v) is 1.88. The second-order valence-corrected chi connectivity index (χ2v) is 3.11. The highest BCUT2D eigenvalue weighted by Crippen LogP contribution is 2.21. The number of rotatable bonds is 4. The normalized spacial score (nSPS) is 15.6. The number of aliphatic carboxylic acids is 1. The first-order valence-corrected chi connectivity index (χ1v) is 4.44. The summed E-state index contributed by atoms with van der Waals surface area (Å²) in [7, 11) is 0. The van der Waals surface area contributed by atoms with E-state index in [2.05, 4.69) is 11.4 Å². The van der Waals surface area contributed by atoms with Crippen molar-refractivity contribution in [2.75, 3.05) is 0 Å². The number of hydrogen-bond donors (Lipinski definition) is 1. The monoisotopic (exact) mass is 213 g/mol. The van der Waals surface area contributed by atoms with Crippen molar-refractivity contribution in [2.24, 2.45) is 0 Å². The lowest BCUT2D eigenvalue weighted by Gasteiger charge is -2.15. The standard InChI is InChI=1S/C9H11NO5/c1-6-2-3-7(11)10(6)15-9(14)5-4-8(12)13/h1-5H2,(H,12,13). The summed E-state index contributed by atoms with van der Waals surface area (Å²) in [5, 5.41) is 9.16. The van der Waals surface area contributed by atoms with Crippen molar-refractivity contribution in [2.45, 2.75) is 25.7 Å². The van der Waals surface area contributed by atoms with Crippen molar-refractivity contribution in [3.63, 3.8) is 0 Å². The maximum Gasteiger partial charge on any atom is 0.333 e. The average Bonchev–Trinajstić information content (AvgIpc) is 2.46. The summed E-state index contributed by atoms with van der Waals surface area (Å²) in [5.74, 6) is -2.16. The molecule has 1 heterocycles. The minimum atomic E-state index is -1.08. The van der Waals surface area contributed by atoms with E-state index < -0.39 is 11.9 Å². The first-order chi connectivity index (χ1) is 7.00. The zero-order chi connectivity index (χ0) is 11.4. The SMILES string of the molecule is C=C1CCC(=O)N1OC(=O)CCC(=O)O. The molecule has 1 amide bonds. The largest absolute Gasteiger partial charge is 0.481 e. The Morgan fingerprint density at radius 3 is 2.53 bits per heavy atom. The first kappa shape index (κ1) is 11.2. The minimum absolute atomic E-state index is 0.258. The molecular weight excluding hydrogens is 202 g/mol. The van der Waals surface area contributed by atoms with Crippen LogP contribution >= 0.6 is 0 Å². The predicted octanol–water partition coefficient (Wildman–Crippen LogP) is 0.445. The summed E-state index contributed by atoms with van der Waals surface area (Å²) in [5.41, 5.74) is 0.420. The zero-order valence-electron chi connectivity index (χ0n) is 8.06. The van der Waals surface area contributed by atoms with Gasteiger partial charge in [0.1, 0.15) is 0 Å². The van der Waals surface area contributed by atoms with Gasteiger partial charge in [0.25, 0.3) is 5.91 Å². The molecule has 1 aliphatic rings. The second-order valence-electron chi connectivity index (χ2n) is 3.11. The van der Waals surface area contributed by atoms with E-state index in [-0.39, 0.29) is 25.2 Å². The molecule has 1 N–H and O–H groups in total. The van der Waals surface area contributed by atoms with Crippen molar-refractivity contribution < 1.29 is 24.3 Å². The quantitative estimate of drug-likeness (QED) is 0.732. The van der Waals surface area contributed by atoms with Gasteiger partial charge in [-0.1, -0.05) is 6.58 Å². The molecule has 6 heteroatoms. The molecule has 1 aliphatic heterocycles. The van der Waals surface area contributed by atoms with Gasteiger partial charge in [0.05, 0.1) is 18.5 Å². The molecule has 0 spiro atoms. The fourth-order valence-electron chi connectivity index (χ4n) is 1.10. The van der Waals surface area contributed by atoms with E-state index in [4.69, 9.17) is 5.11 Å². The van der Waals surface area contributed by atoms with Gasteiger partial charge in [0.15, 0.2) is 0 Å². The molecular formula is C9H11NO5. The van der Waals surface area contributed by atoms with E-state index >= 15 is 0 Å². The van der Waals surface area contributed by atoms with Crippen LogP contribution in [0.1, 0.15) is 25.7 Å². The maximum absolute atomic E-state index is 11.1. The zero-order valence-corrected chi connectivity index (χ0v) is 8.06. The van der Waals surface area contributed by atoms with E-state index in [0.29, 0.717) is 12.1 Å². The molecule has 6 nitrogen and oxygen atoms in total. The maximum atomic E-state index is 11.1. The molecule has 0 aromatic carbocycles. The van der Waals surface area contributed by atoms with Crippen molar-refractivity contribution in [1.82, 2.24) is 5.06 Å². The number of hydrogen-bond acceptors (Lipinski definition) is 4. The van der Waals surface area contributed by atoms with Crippen LogP contribution in [0.25, 0.3) is 0 Å². The van der Waals surface area contributed by atoms with Gasteiger partial charge < -0.3 is 9.94 Å². The Balaban J connectivity index is 2.40. The lowest BCUT2D eigenvalue weighted by atomic mass is 10.3. The van der Waals surface area contributed by atoms with Gasteiger partial charge >= 0.3 is 11.9 Å². The van der Waals surface area contributed by atoms with E-state index in [1.807, 2.05) is 0 Å². The molecule has 0 atom stereocenters. The van der Waals surface area contributed by atoms with Crippen molar-refractivity contribution in [3.8, 4) is 0 Å². The lowest BCUT2D eigenvalue weighted by molar-refractivity contribution is -0.187. The van der Waals surface area contributed by atoms with Gasteiger partial charge in [0, 0.05) is 6.42 Å². The molecule has 0 saturated carbocycles. The van der Waals surface area contributed by atoms with E-state index in [1.54, 1.807) is 0 Å². The lowest BCUT2D eigenvalue weighted by Crippen LogP contribution is -2.27. The Morgan fingerprint density at radius 2 is 2.07 bits per heavy atom. The number of hydroxylamine groups is 2. The van der Waals surface area contributed by atoms with Crippen LogP contribution in [-0.4, -0.2) is 28.0 Å². The smallest absolute Gasteiger partial charge is 0.333 e. The van der Waals surface area contributed by atoms with Crippen molar-refractivity contribution in [1.29, 1.82) is 0 Å². The van der Waals surface area contributed by atoms with Crippen molar-refractivity contribution >= 4 is 17.8 Å². The molecule has 82 valence electrons. The highest BCUT2D eigenvalue weighted by atomic mass is 16.7. The number of allylic oxidation sites excluding steroid dienone is 1. The Labute approximate surface area is 86.1 Å². The second kappa shape index (κ2) is 4.59. The molecule has 0 radical (unpaired) electrons. The summed E-state index contributed by atoms with van der Waals surface area (Å²) >= 11 is 0. The van der Waals surface area contributed by atoms with Crippen LogP contribution in [0.15, 0.2) is 12.3 Å². The summed E-state index contributed by atoms with van der Waals surface area (Å²) in [4.78, 5) is 37.0. The number of carbonyl (C=O) groups excluding carboxylic acids is 2. The third kappa shape index (κ3) is 3.08. The van der Waals surface area contributed by atoms with Gasteiger partial charge in [-0.25, -0.2) is 4.79 Å². The molecule has 1 rings (SSSR count). The minimum Gasteiger partial charge on any atom is -0.481 e. The van der Waals surface area contributed by atoms with Crippen LogP contribution in [0.2, 0.25) is 0 Å². The number of nitrogens with zero attached hydrogens (tertiary/aromatic N) is 1. The Morgan fingerprint density at radius 1 is 1.40 bits per heavy atom. The van der Waals surface area contributed by atoms with Gasteiger partial charge in [-0.3, -0.25) is 9.59 Å². The van der Waals surface area contributed by atoms with E-state index in [9.17, 15) is 14.4 Å². The van der Waals surface area contributed by atoms with E-state index in [0.717, 1.165) is 5.06 Å². The van der Waals surface area contributed by atoms with Crippen LogP contribution in [0.4, 0.5) is 0 Å². The summed E-state index contributed by atoms with van der Waals surface area (Å²) < 4.78 is 0. The topological polar surface area (TPSA) is 83.9 Å². The molecule has 1 fully saturated rings. The summed E-state index contributed by atoms with van der Waals surface area (Å²) in [6.07, 6.45) is 0.163. The van der Waals surface area contributed by atoms with Crippen LogP contribution in [0.3, 0.4) is 0 Å². The molecule has 0 aliphatic carbocycles. The molecule has 1 saturated heterocycles. The first-order valence-electron chi connectivity index (χ1n) is 4.44. The van der Waals surface area contributed by atoms with Gasteiger partial charge in [-0.05, 0) is 6.42 Å². The predicted molar refractivity (Wildman–Crippen MR) is 48.2 cm³/mol. The van der Waals surface area contributed by atoms with Crippen LogP contribution in [0.5, 0.6) is 0 Å². The number of carboxylic acid groups (broad SMARTS) is 1. The fraction of sp³-hybridized carbons (Fsp3) is 0.444. The third-order valence-electron chi connectivity index (χ3n) is 1.88. The number of carboxylic acids is 1. The van der Waals surface area contributed by atoms with Gasteiger partial charge in [-0.15, -0.1) is 5.06 Å². The van der Waals surface area contributed by atoms with Crippen LogP contribution < -0.4 is 0 Å². The van der Waals surface area contributed by atoms with Crippen LogP contribution in [-0.2, 0) is 19.2 Å². The molecule has 0 unspecified atom stereocenters. The highest BCUT2D eigenvalue weighted by Gasteiger charge is 2.28. The average molecular weight is 213 g/mol. The fourth-order valence-corrected chi connectivity index (χ4v) is 1.10. The van der Waals surface area contributed by atoms with Gasteiger partial charge in [-0.2, -0.15) is 0 Å². The van der Waals surface area contributed by atoms with Crippen LogP contribution in [0, 0.1) is 0 Å². The summed E-state index contributed by atoms with van der Waals surface area (Å²) in [6, 6.07) is 0. The van der Waals surface area contributed by atoms with E-state index in [1.165, 1.54) is 0 Å². The highest BCUT2D eigenvalue weighted by molar-refractivity contribution is 5.83. The number of carbonyl (C=O) groups is 3.